The average Bonchev–Trinajstić information content (AvgIpc) is 2.42. The molecule has 0 bridgehead atoms. The minimum atomic E-state index is -0.747. The van der Waals surface area contributed by atoms with Crippen LogP contribution < -0.4 is 10.5 Å². The zero-order valence-electron chi connectivity index (χ0n) is 14.2. The van der Waals surface area contributed by atoms with Gasteiger partial charge >= 0.3 is 0 Å². The highest BCUT2D eigenvalue weighted by Gasteiger charge is 2.22. The van der Waals surface area contributed by atoms with Crippen LogP contribution in [-0.2, 0) is 5.41 Å². The van der Waals surface area contributed by atoms with Crippen LogP contribution in [0.3, 0.4) is 0 Å². The molecule has 1 aromatic carbocycles. The summed E-state index contributed by atoms with van der Waals surface area (Å²) >= 11 is 0. The Labute approximate surface area is 129 Å². The molecule has 0 saturated heterocycles. The fraction of sp³-hybridized carbons (Fsp3) is 0.667. The van der Waals surface area contributed by atoms with E-state index in [2.05, 4.69) is 45.9 Å². The van der Waals surface area contributed by atoms with Crippen molar-refractivity contribution in [3.05, 3.63) is 29.3 Å². The van der Waals surface area contributed by atoms with Crippen molar-refractivity contribution in [3.8, 4) is 5.75 Å². The third-order valence-electron chi connectivity index (χ3n) is 4.03. The number of benzene rings is 1. The van der Waals surface area contributed by atoms with E-state index in [0.29, 0.717) is 26.0 Å². The molecule has 0 spiro atoms. The molecule has 0 fully saturated rings. The van der Waals surface area contributed by atoms with E-state index >= 15 is 0 Å². The lowest BCUT2D eigenvalue weighted by Gasteiger charge is -2.26. The number of nitrogens with two attached hydrogens (primary N) is 1. The molecule has 3 nitrogen and oxygen atoms in total. The van der Waals surface area contributed by atoms with Gasteiger partial charge < -0.3 is 15.6 Å². The Kier molecular flexibility index (Phi) is 6.24. The number of hydrogen-bond acceptors (Lipinski definition) is 3. The van der Waals surface area contributed by atoms with Crippen molar-refractivity contribution in [1.82, 2.24) is 0 Å². The first-order valence-corrected chi connectivity index (χ1v) is 7.88. The van der Waals surface area contributed by atoms with Crippen molar-refractivity contribution in [2.45, 2.75) is 64.9 Å². The molecule has 120 valence electrons. The number of rotatable bonds is 7. The summed E-state index contributed by atoms with van der Waals surface area (Å²) < 4.78 is 5.98. The van der Waals surface area contributed by atoms with Gasteiger partial charge in [0.25, 0.3) is 0 Å². The van der Waals surface area contributed by atoms with Crippen LogP contribution in [0.1, 0.15) is 58.1 Å². The summed E-state index contributed by atoms with van der Waals surface area (Å²) in [5.74, 6) is 0.954. The maximum Gasteiger partial charge on any atom is 0.123 e. The highest BCUT2D eigenvalue weighted by atomic mass is 16.5. The van der Waals surface area contributed by atoms with Gasteiger partial charge in [-0.05, 0) is 48.8 Å². The molecular weight excluding hydrogens is 262 g/mol. The zero-order chi connectivity index (χ0) is 16.1. The highest BCUT2D eigenvalue weighted by Crippen LogP contribution is 2.32. The van der Waals surface area contributed by atoms with Gasteiger partial charge in [0.05, 0.1) is 12.2 Å². The predicted octanol–water partition coefficient (Wildman–Crippen LogP) is 3.55. The lowest BCUT2D eigenvalue weighted by atomic mass is 9.86. The van der Waals surface area contributed by atoms with Crippen LogP contribution in [0.4, 0.5) is 0 Å². The van der Waals surface area contributed by atoms with Crippen LogP contribution in [0.5, 0.6) is 5.75 Å². The molecule has 0 radical (unpaired) electrons. The fourth-order valence-corrected chi connectivity index (χ4v) is 2.38. The van der Waals surface area contributed by atoms with E-state index in [1.807, 2.05) is 6.92 Å². The third kappa shape index (κ3) is 5.33. The van der Waals surface area contributed by atoms with Gasteiger partial charge in [-0.2, -0.15) is 0 Å². The molecule has 3 N–H and O–H groups in total. The van der Waals surface area contributed by atoms with Crippen LogP contribution in [0.25, 0.3) is 0 Å². The Morgan fingerprint density at radius 1 is 1.24 bits per heavy atom. The molecule has 0 heterocycles. The van der Waals surface area contributed by atoms with E-state index < -0.39 is 5.60 Å². The molecule has 0 saturated carbocycles. The normalized spacial score (nSPS) is 14.8. The third-order valence-corrected chi connectivity index (χ3v) is 4.03. The monoisotopic (exact) mass is 293 g/mol. The first-order valence-electron chi connectivity index (χ1n) is 7.88. The maximum absolute atomic E-state index is 10.2. The van der Waals surface area contributed by atoms with Gasteiger partial charge in [-0.3, -0.25) is 0 Å². The van der Waals surface area contributed by atoms with E-state index in [1.165, 1.54) is 11.1 Å². The van der Waals surface area contributed by atoms with Crippen molar-refractivity contribution in [3.63, 3.8) is 0 Å². The SMILES string of the molecule is CCC(O)(CN)CCCOc1cc(C)ccc1C(C)(C)C. The molecule has 21 heavy (non-hydrogen) atoms. The molecular formula is C18H31NO2. The van der Waals surface area contributed by atoms with Gasteiger partial charge in [0.15, 0.2) is 0 Å². The molecule has 0 aliphatic rings. The molecule has 3 heteroatoms. The number of aliphatic hydroxyl groups is 1. The highest BCUT2D eigenvalue weighted by molar-refractivity contribution is 5.41. The lowest BCUT2D eigenvalue weighted by Crippen LogP contribution is -2.37. The van der Waals surface area contributed by atoms with E-state index in [4.69, 9.17) is 10.5 Å². The van der Waals surface area contributed by atoms with Crippen molar-refractivity contribution >= 4 is 0 Å². The van der Waals surface area contributed by atoms with Crippen molar-refractivity contribution in [1.29, 1.82) is 0 Å². The van der Waals surface area contributed by atoms with Crippen LogP contribution in [0.2, 0.25) is 0 Å². The molecule has 1 aromatic rings. The van der Waals surface area contributed by atoms with E-state index in [-0.39, 0.29) is 5.41 Å². The van der Waals surface area contributed by atoms with Crippen molar-refractivity contribution in [2.75, 3.05) is 13.2 Å². The van der Waals surface area contributed by atoms with Crippen molar-refractivity contribution < 1.29 is 9.84 Å². The molecule has 1 atom stereocenters. The summed E-state index contributed by atoms with van der Waals surface area (Å²) in [6.45, 7) is 11.5. The van der Waals surface area contributed by atoms with Crippen LogP contribution >= 0.6 is 0 Å². The predicted molar refractivity (Wildman–Crippen MR) is 88.9 cm³/mol. The summed E-state index contributed by atoms with van der Waals surface area (Å²) in [4.78, 5) is 0. The van der Waals surface area contributed by atoms with E-state index in [1.54, 1.807) is 0 Å². The standard InChI is InChI=1S/C18H31NO2/c1-6-18(20,13-19)10-7-11-21-16-12-14(2)8-9-15(16)17(3,4)5/h8-9,12,20H,6-7,10-11,13,19H2,1-5H3. The Morgan fingerprint density at radius 3 is 2.43 bits per heavy atom. The Hall–Kier alpha value is -1.06. The first kappa shape index (κ1) is 18.0. The quantitative estimate of drug-likeness (QED) is 0.756. The lowest BCUT2D eigenvalue weighted by molar-refractivity contribution is 0.0308. The minimum absolute atomic E-state index is 0.0600. The Balaban J connectivity index is 2.66. The van der Waals surface area contributed by atoms with Crippen molar-refractivity contribution in [2.24, 2.45) is 5.73 Å². The molecule has 0 amide bonds. The van der Waals surface area contributed by atoms with E-state index in [0.717, 1.165) is 12.2 Å². The summed E-state index contributed by atoms with van der Waals surface area (Å²) in [6, 6.07) is 6.36. The summed E-state index contributed by atoms with van der Waals surface area (Å²) in [5.41, 5.74) is 7.35. The van der Waals surface area contributed by atoms with Crippen LogP contribution in [0.15, 0.2) is 18.2 Å². The van der Waals surface area contributed by atoms with Gasteiger partial charge in [-0.25, -0.2) is 0 Å². The first-order chi connectivity index (χ1) is 9.72. The van der Waals surface area contributed by atoms with Gasteiger partial charge in [-0.15, -0.1) is 0 Å². The number of ether oxygens (including phenoxy) is 1. The summed E-state index contributed by atoms with van der Waals surface area (Å²) in [5, 5.41) is 10.2. The van der Waals surface area contributed by atoms with Gasteiger partial charge in [-0.1, -0.05) is 39.8 Å². The smallest absolute Gasteiger partial charge is 0.123 e. The second-order valence-corrected chi connectivity index (χ2v) is 6.98. The van der Waals surface area contributed by atoms with Crippen LogP contribution in [0, 0.1) is 6.92 Å². The molecule has 0 aliphatic heterocycles. The Bertz CT molecular complexity index is 445. The molecule has 0 aromatic heterocycles. The molecule has 0 aliphatic carbocycles. The minimum Gasteiger partial charge on any atom is -0.493 e. The number of hydrogen-bond donors (Lipinski definition) is 2. The fourth-order valence-electron chi connectivity index (χ4n) is 2.38. The topological polar surface area (TPSA) is 55.5 Å². The zero-order valence-corrected chi connectivity index (χ0v) is 14.2. The van der Waals surface area contributed by atoms with E-state index in [9.17, 15) is 5.11 Å². The second kappa shape index (κ2) is 7.28. The van der Waals surface area contributed by atoms with Gasteiger partial charge in [0.1, 0.15) is 5.75 Å². The largest absolute Gasteiger partial charge is 0.493 e. The Morgan fingerprint density at radius 2 is 1.90 bits per heavy atom. The summed E-state index contributed by atoms with van der Waals surface area (Å²) in [6.07, 6.45) is 2.16. The van der Waals surface area contributed by atoms with Gasteiger partial charge in [0.2, 0.25) is 0 Å². The molecule has 1 rings (SSSR count). The molecule has 1 unspecified atom stereocenters. The van der Waals surface area contributed by atoms with Crippen LogP contribution in [-0.4, -0.2) is 23.9 Å². The maximum atomic E-state index is 10.2. The second-order valence-electron chi connectivity index (χ2n) is 6.98. The summed E-state index contributed by atoms with van der Waals surface area (Å²) in [7, 11) is 0. The average molecular weight is 293 g/mol. The van der Waals surface area contributed by atoms with Gasteiger partial charge in [0, 0.05) is 6.54 Å². The number of aryl methyl sites for hydroxylation is 1.